The third-order valence-corrected chi connectivity index (χ3v) is 3.14. The zero-order chi connectivity index (χ0) is 11.9. The molecule has 0 aromatic rings. The molecule has 0 heterocycles. The zero-order valence-corrected chi connectivity index (χ0v) is 9.96. The summed E-state index contributed by atoms with van der Waals surface area (Å²) >= 11 is 0. The van der Waals surface area contributed by atoms with Crippen LogP contribution in [0.1, 0.15) is 13.3 Å². The van der Waals surface area contributed by atoms with Crippen LogP contribution in [0.5, 0.6) is 0 Å². The monoisotopic (exact) mass is 239 g/mol. The quantitative estimate of drug-likeness (QED) is 0.606. The molecule has 0 saturated heterocycles. The van der Waals surface area contributed by atoms with E-state index >= 15 is 0 Å². The molecule has 7 heteroatoms. The highest BCUT2D eigenvalue weighted by Crippen LogP contribution is 1.93. The van der Waals surface area contributed by atoms with Crippen LogP contribution in [0.15, 0.2) is 0 Å². The van der Waals surface area contributed by atoms with Crippen molar-refractivity contribution in [2.24, 2.45) is 0 Å². The predicted octanol–water partition coefficient (Wildman–Crippen LogP) is -0.496. The molecule has 6 nitrogen and oxygen atoms in total. The molecule has 0 spiro atoms. The molecule has 0 radical (unpaired) electrons. The normalized spacial score (nSPS) is 13.5. The van der Waals surface area contributed by atoms with Crippen molar-refractivity contribution in [3.8, 4) is 0 Å². The fourth-order valence-electron chi connectivity index (χ4n) is 0.720. The van der Waals surface area contributed by atoms with Crippen LogP contribution in [-0.2, 0) is 24.3 Å². The number of hydrogen-bond donors (Lipinski definition) is 1. The van der Waals surface area contributed by atoms with E-state index in [1.807, 2.05) is 0 Å². The van der Waals surface area contributed by atoms with E-state index in [0.717, 1.165) is 0 Å². The summed E-state index contributed by atoms with van der Waals surface area (Å²) in [6.07, 6.45) is -0.342. The highest BCUT2D eigenvalue weighted by Gasteiger charge is 2.14. The van der Waals surface area contributed by atoms with Crippen molar-refractivity contribution in [2.45, 2.75) is 19.4 Å². The minimum absolute atomic E-state index is 0.146. The molecule has 0 saturated carbocycles. The van der Waals surface area contributed by atoms with Gasteiger partial charge in [-0.3, -0.25) is 4.79 Å². The van der Waals surface area contributed by atoms with Gasteiger partial charge in [-0.25, -0.2) is 13.1 Å². The molecule has 0 amide bonds. The third-order valence-electron chi connectivity index (χ3n) is 1.80. The summed E-state index contributed by atoms with van der Waals surface area (Å²) in [7, 11) is -0.712. The lowest BCUT2D eigenvalue weighted by Crippen LogP contribution is -2.33. The first-order valence-corrected chi connectivity index (χ1v) is 6.13. The Balaban J connectivity index is 3.93. The van der Waals surface area contributed by atoms with Gasteiger partial charge in [0.05, 0.1) is 25.4 Å². The minimum Gasteiger partial charge on any atom is -0.469 e. The molecule has 1 unspecified atom stereocenters. The summed E-state index contributed by atoms with van der Waals surface area (Å²) in [5, 5.41) is 0. The van der Waals surface area contributed by atoms with Gasteiger partial charge in [0.1, 0.15) is 0 Å². The number of nitrogens with one attached hydrogen (secondary N) is 1. The van der Waals surface area contributed by atoms with E-state index in [2.05, 4.69) is 9.46 Å². The highest BCUT2D eigenvalue weighted by molar-refractivity contribution is 7.89. The number of rotatable bonds is 7. The Hall–Kier alpha value is -0.660. The maximum atomic E-state index is 11.3. The lowest BCUT2D eigenvalue weighted by atomic mass is 10.4. The van der Waals surface area contributed by atoms with Crippen LogP contribution in [0.4, 0.5) is 0 Å². The van der Waals surface area contributed by atoms with Crippen LogP contribution in [0.3, 0.4) is 0 Å². The second-order valence-electron chi connectivity index (χ2n) is 3.04. The van der Waals surface area contributed by atoms with Crippen LogP contribution in [0.25, 0.3) is 0 Å². The van der Waals surface area contributed by atoms with E-state index < -0.39 is 16.0 Å². The van der Waals surface area contributed by atoms with Gasteiger partial charge in [-0.2, -0.15) is 0 Å². The van der Waals surface area contributed by atoms with Crippen LogP contribution in [-0.4, -0.2) is 47.0 Å². The van der Waals surface area contributed by atoms with Crippen LogP contribution in [0.2, 0.25) is 0 Å². The van der Waals surface area contributed by atoms with Gasteiger partial charge in [0, 0.05) is 13.7 Å². The molecule has 1 atom stereocenters. The van der Waals surface area contributed by atoms with Crippen molar-refractivity contribution in [2.75, 3.05) is 26.5 Å². The maximum absolute atomic E-state index is 11.3. The van der Waals surface area contributed by atoms with Gasteiger partial charge < -0.3 is 9.47 Å². The van der Waals surface area contributed by atoms with E-state index in [0.29, 0.717) is 0 Å². The van der Waals surface area contributed by atoms with E-state index in [-0.39, 0.29) is 24.8 Å². The lowest BCUT2D eigenvalue weighted by molar-refractivity contribution is -0.140. The van der Waals surface area contributed by atoms with Gasteiger partial charge in [0.2, 0.25) is 10.0 Å². The second-order valence-corrected chi connectivity index (χ2v) is 4.97. The summed E-state index contributed by atoms with van der Waals surface area (Å²) in [6.45, 7) is 1.93. The Morgan fingerprint density at radius 2 is 2.00 bits per heavy atom. The molecule has 0 aromatic carbocycles. The van der Waals surface area contributed by atoms with Crippen molar-refractivity contribution in [1.29, 1.82) is 0 Å². The number of carbonyl (C=O) groups excluding carboxylic acids is 1. The average molecular weight is 239 g/mol. The molecule has 0 rings (SSSR count). The van der Waals surface area contributed by atoms with Gasteiger partial charge in [-0.05, 0) is 6.92 Å². The number of hydrogen-bond acceptors (Lipinski definition) is 5. The predicted molar refractivity (Wildman–Crippen MR) is 54.9 cm³/mol. The SMILES string of the molecule is COC(=O)CCS(=O)(=O)NCC(C)OC. The minimum atomic E-state index is -3.42. The number of sulfonamides is 1. The molecule has 0 aromatic heterocycles. The Bertz CT molecular complexity index is 287. The van der Waals surface area contributed by atoms with Gasteiger partial charge in [-0.1, -0.05) is 0 Å². The number of carbonyl (C=O) groups is 1. The topological polar surface area (TPSA) is 81.7 Å². The molecule has 0 aliphatic rings. The van der Waals surface area contributed by atoms with Gasteiger partial charge in [-0.15, -0.1) is 0 Å². The fraction of sp³-hybridized carbons (Fsp3) is 0.875. The second kappa shape index (κ2) is 6.76. The molecular formula is C8H17NO5S. The third kappa shape index (κ3) is 7.29. The first kappa shape index (κ1) is 14.3. The molecule has 1 N–H and O–H groups in total. The molecular weight excluding hydrogens is 222 g/mol. The summed E-state index contributed by atoms with van der Waals surface area (Å²) in [4.78, 5) is 10.7. The van der Waals surface area contributed by atoms with Gasteiger partial charge >= 0.3 is 5.97 Å². The molecule has 0 aliphatic carbocycles. The van der Waals surface area contributed by atoms with E-state index in [9.17, 15) is 13.2 Å². The number of ether oxygens (including phenoxy) is 2. The van der Waals surface area contributed by atoms with Crippen LogP contribution >= 0.6 is 0 Å². The zero-order valence-electron chi connectivity index (χ0n) is 9.15. The standard InChI is InChI=1S/C8H17NO5S/c1-7(13-2)6-9-15(11,12)5-4-8(10)14-3/h7,9H,4-6H2,1-3H3. The molecule has 15 heavy (non-hydrogen) atoms. The van der Waals surface area contributed by atoms with Crippen molar-refractivity contribution in [3.63, 3.8) is 0 Å². The first-order valence-electron chi connectivity index (χ1n) is 4.48. The molecule has 90 valence electrons. The van der Waals surface area contributed by atoms with Crippen molar-refractivity contribution in [1.82, 2.24) is 4.72 Å². The summed E-state index contributed by atoms with van der Waals surface area (Å²) in [5.74, 6) is -0.809. The Morgan fingerprint density at radius 1 is 1.40 bits per heavy atom. The fourth-order valence-corrected chi connectivity index (χ4v) is 1.79. The van der Waals surface area contributed by atoms with Gasteiger partial charge in [0.25, 0.3) is 0 Å². The van der Waals surface area contributed by atoms with Crippen molar-refractivity contribution >= 4 is 16.0 Å². The highest BCUT2D eigenvalue weighted by atomic mass is 32.2. The van der Waals surface area contributed by atoms with E-state index in [1.165, 1.54) is 14.2 Å². The average Bonchev–Trinajstić information content (AvgIpc) is 2.22. The van der Waals surface area contributed by atoms with E-state index in [4.69, 9.17) is 4.74 Å². The smallest absolute Gasteiger partial charge is 0.306 e. The molecule has 0 bridgehead atoms. The number of esters is 1. The Kier molecular flexibility index (Phi) is 6.46. The van der Waals surface area contributed by atoms with Crippen LogP contribution in [0, 0.1) is 0 Å². The van der Waals surface area contributed by atoms with Gasteiger partial charge in [0.15, 0.2) is 0 Å². The van der Waals surface area contributed by atoms with Crippen molar-refractivity contribution in [3.05, 3.63) is 0 Å². The lowest BCUT2D eigenvalue weighted by Gasteiger charge is -2.10. The van der Waals surface area contributed by atoms with Crippen LogP contribution < -0.4 is 4.72 Å². The first-order chi connectivity index (χ1) is 6.91. The Morgan fingerprint density at radius 3 is 2.47 bits per heavy atom. The maximum Gasteiger partial charge on any atom is 0.306 e. The largest absolute Gasteiger partial charge is 0.469 e. The Labute approximate surface area is 90.0 Å². The summed E-state index contributed by atoms with van der Waals surface area (Å²) in [6, 6.07) is 0. The summed E-state index contributed by atoms with van der Waals surface area (Å²) in [5.41, 5.74) is 0. The summed E-state index contributed by atoms with van der Waals surface area (Å²) < 4.78 is 34.1. The van der Waals surface area contributed by atoms with E-state index in [1.54, 1.807) is 6.92 Å². The number of methoxy groups -OCH3 is 2. The van der Waals surface area contributed by atoms with Crippen molar-refractivity contribution < 1.29 is 22.7 Å². The molecule has 0 fully saturated rings. The molecule has 0 aliphatic heterocycles.